The summed E-state index contributed by atoms with van der Waals surface area (Å²) in [4.78, 5) is 43.6. The molecule has 0 rings (SSSR count). The molecular weight excluding hydrogens is 468 g/mol. The quantitative estimate of drug-likeness (QED) is 0.351. The first kappa shape index (κ1) is 25.2. The fourth-order valence-corrected chi connectivity index (χ4v) is 4.92. The van der Waals surface area contributed by atoms with Gasteiger partial charge in [-0.3, -0.25) is 0 Å². The molecule has 27 heavy (non-hydrogen) atoms. The van der Waals surface area contributed by atoms with Crippen LogP contribution in [0.5, 0.6) is 0 Å². The molecule has 0 bridgehead atoms. The Labute approximate surface area is 139 Å². The van der Waals surface area contributed by atoms with Crippen LogP contribution in [0.3, 0.4) is 0 Å². The second-order valence-electron chi connectivity index (χ2n) is 4.49. The zero-order valence-corrected chi connectivity index (χ0v) is 12.9. The Morgan fingerprint density at radius 1 is 0.519 bits per heavy atom. The molecule has 0 saturated carbocycles. The van der Waals surface area contributed by atoms with Gasteiger partial charge < -0.3 is 0 Å². The van der Waals surface area contributed by atoms with E-state index in [0.717, 1.165) is 0 Å². The summed E-state index contributed by atoms with van der Waals surface area (Å²) in [6, 6.07) is 0. The van der Waals surface area contributed by atoms with Crippen molar-refractivity contribution in [3.63, 3.8) is 0 Å². The molecular formula is C10H4F12FeO4. The van der Waals surface area contributed by atoms with Gasteiger partial charge in [-0.2, -0.15) is 0 Å². The molecule has 0 spiro atoms. The van der Waals surface area contributed by atoms with Crippen molar-refractivity contribution in [3.8, 4) is 0 Å². The van der Waals surface area contributed by atoms with Crippen LogP contribution in [0.1, 0.15) is 0 Å². The van der Waals surface area contributed by atoms with E-state index in [-0.39, 0.29) is 0 Å². The zero-order chi connectivity index (χ0) is 22.4. The molecule has 0 atom stereocenters. The average molecular weight is 472 g/mol. The van der Waals surface area contributed by atoms with Gasteiger partial charge in [0.25, 0.3) is 0 Å². The number of hydrogen-bond donors (Lipinski definition) is 0. The van der Waals surface area contributed by atoms with Crippen molar-refractivity contribution in [3.05, 3.63) is 0 Å². The summed E-state index contributed by atoms with van der Waals surface area (Å²) in [5.41, 5.74) is -7.91. The summed E-state index contributed by atoms with van der Waals surface area (Å²) in [7, 11) is 0. The van der Waals surface area contributed by atoms with Crippen molar-refractivity contribution in [1.29, 1.82) is 0 Å². The van der Waals surface area contributed by atoms with Crippen LogP contribution in [0, 0.1) is 5.41 Å². The molecule has 4 nitrogen and oxygen atoms in total. The molecule has 0 unspecified atom stereocenters. The third kappa shape index (κ3) is 3.19. The van der Waals surface area contributed by atoms with Crippen LogP contribution in [0.2, 0.25) is 0 Å². The van der Waals surface area contributed by atoms with Gasteiger partial charge in [-0.15, -0.1) is 0 Å². The van der Waals surface area contributed by atoms with E-state index in [9.17, 15) is 71.9 Å². The summed E-state index contributed by atoms with van der Waals surface area (Å²) in [6.07, 6.45) is -31.1. The van der Waals surface area contributed by atoms with Gasteiger partial charge in [0.2, 0.25) is 0 Å². The molecule has 0 aromatic heterocycles. The van der Waals surface area contributed by atoms with Crippen LogP contribution in [0.15, 0.2) is 0 Å². The number of carbonyl (C=O) groups is 4. The molecule has 0 aliphatic carbocycles. The third-order valence-electron chi connectivity index (χ3n) is 2.99. The Morgan fingerprint density at radius 2 is 0.741 bits per heavy atom. The number of hydrogen-bond acceptors (Lipinski definition) is 4. The van der Waals surface area contributed by atoms with Crippen molar-refractivity contribution < 1.29 is 83.2 Å². The Bertz CT molecular complexity index is 631. The zero-order valence-electron chi connectivity index (χ0n) is 11.8. The second-order valence-corrected chi connectivity index (χ2v) is 9.57. The van der Waals surface area contributed by atoms with Gasteiger partial charge in [-0.05, 0) is 0 Å². The molecule has 0 fully saturated rings. The third-order valence-corrected chi connectivity index (χ3v) is 7.32. The van der Waals surface area contributed by atoms with E-state index >= 15 is 0 Å². The van der Waals surface area contributed by atoms with Gasteiger partial charge in [-0.25, -0.2) is 0 Å². The van der Waals surface area contributed by atoms with Gasteiger partial charge in [-0.1, -0.05) is 0 Å². The van der Waals surface area contributed by atoms with Crippen molar-refractivity contribution in [2.75, 3.05) is 0 Å². The molecule has 0 saturated heterocycles. The van der Waals surface area contributed by atoms with Crippen molar-refractivity contribution in [2.24, 2.45) is 5.41 Å². The van der Waals surface area contributed by atoms with Gasteiger partial charge >= 0.3 is 138 Å². The summed E-state index contributed by atoms with van der Waals surface area (Å²) < 4.78 is 152. The standard InChI is InChI=1S/C6F12.4CHO.Fe/c7-3(8,9)1-2(4(10,11)12,5(13,14)15)6(16,17)18;4*1-2;/h;4*1H;. The summed E-state index contributed by atoms with van der Waals surface area (Å²) in [5.74, 6) is 0. The van der Waals surface area contributed by atoms with E-state index < -0.39 is 66.6 Å². The van der Waals surface area contributed by atoms with E-state index in [4.69, 9.17) is 0 Å². The molecule has 17 heteroatoms. The minimum atomic E-state index is -8.23. The van der Waals surface area contributed by atoms with Crippen molar-refractivity contribution in [2.45, 2.75) is 24.7 Å². The van der Waals surface area contributed by atoms with Crippen LogP contribution in [0.25, 0.3) is 0 Å². The number of halogens is 12. The van der Waals surface area contributed by atoms with Crippen LogP contribution >= 0.6 is 0 Å². The Hall–Kier alpha value is -1.77. The van der Waals surface area contributed by atoms with E-state index in [0.29, 0.717) is 0 Å². The number of carbonyl (C=O) groups excluding carboxylic acids is 4. The minimum absolute atomic E-state index is 1.84. The first-order valence-electron chi connectivity index (χ1n) is 5.45. The van der Waals surface area contributed by atoms with Gasteiger partial charge in [0.15, 0.2) is 0 Å². The van der Waals surface area contributed by atoms with Crippen LogP contribution in [0.4, 0.5) is 52.7 Å². The van der Waals surface area contributed by atoms with Crippen LogP contribution in [-0.2, 0) is 30.5 Å². The fraction of sp³-hybridized carbons (Fsp3) is 0.500. The Balaban J connectivity index is 8.75. The predicted octanol–water partition coefficient (Wildman–Crippen LogP) is 2.84. The predicted molar refractivity (Wildman–Crippen MR) is 58.7 cm³/mol. The normalized spacial score (nSPS) is 16.1. The first-order valence-corrected chi connectivity index (χ1v) is 8.56. The van der Waals surface area contributed by atoms with Gasteiger partial charge in [0.05, 0.1) is 0 Å². The van der Waals surface area contributed by atoms with E-state index in [1.54, 1.807) is 0 Å². The van der Waals surface area contributed by atoms with E-state index in [1.165, 1.54) is 0 Å². The maximum absolute atomic E-state index is 13.2. The molecule has 0 aromatic carbocycles. The molecule has 0 aromatic rings. The summed E-state index contributed by atoms with van der Waals surface area (Å²) >= 11 is -8.23. The topological polar surface area (TPSA) is 68.3 Å². The maximum atomic E-state index is 13.2. The molecule has 160 valence electrons. The van der Waals surface area contributed by atoms with E-state index in [2.05, 4.69) is 0 Å². The second kappa shape index (κ2) is 6.39. The Morgan fingerprint density at radius 3 is 0.852 bits per heavy atom. The molecule has 0 heterocycles. The van der Waals surface area contributed by atoms with Gasteiger partial charge in [0, 0.05) is 0 Å². The number of alkyl halides is 12. The van der Waals surface area contributed by atoms with Crippen molar-refractivity contribution in [1.82, 2.24) is 0 Å². The summed E-state index contributed by atoms with van der Waals surface area (Å²) in [6.45, 7) is 0. The van der Waals surface area contributed by atoms with Crippen molar-refractivity contribution >= 4 is 25.2 Å². The Kier molecular flexibility index (Phi) is 5.97. The molecule has 0 aliphatic heterocycles. The fourth-order valence-electron chi connectivity index (χ4n) is 1.88. The molecule has 0 radical (unpaired) electrons. The average Bonchev–Trinajstić information content (AvgIpc) is 2.44. The van der Waals surface area contributed by atoms with Crippen LogP contribution < -0.4 is 0 Å². The molecule has 0 N–H and O–H groups in total. The first-order chi connectivity index (χ1) is 11.7. The number of rotatable bonds is 5. The summed E-state index contributed by atoms with van der Waals surface area (Å²) in [5, 5.41) is -7.35. The van der Waals surface area contributed by atoms with Gasteiger partial charge in [0.1, 0.15) is 0 Å². The SMILES string of the molecule is O=[CH][Fe]([CH]=O)([CH]=O)([CH]=O)=[C](C(F)(F)F)C(C(F)(F)F)(C(F)(F)F)C(F)(F)F. The molecule has 0 amide bonds. The molecule has 0 aliphatic rings. The van der Waals surface area contributed by atoms with E-state index in [1.807, 2.05) is 0 Å². The monoisotopic (exact) mass is 472 g/mol. The van der Waals surface area contributed by atoms with Crippen LogP contribution in [-0.4, -0.2) is 49.9 Å².